The highest BCUT2D eigenvalue weighted by Crippen LogP contribution is 2.61. The number of aromatic amines is 1. The van der Waals surface area contributed by atoms with Crippen LogP contribution in [-0.2, 0) is 0 Å². The average molecular weight is 581 g/mol. The Morgan fingerprint density at radius 1 is 0.930 bits per heavy atom. The van der Waals surface area contributed by atoms with Crippen molar-refractivity contribution in [1.82, 2.24) is 19.8 Å². The molecule has 4 N–H and O–H groups in total. The minimum Gasteiger partial charge on any atom is -0.506 e. The number of phenolic OH excluding ortho intramolecular Hbond substituents is 1. The number of nitrogens with zero attached hydrogens (tertiary/aromatic N) is 3. The van der Waals surface area contributed by atoms with Crippen LogP contribution >= 0.6 is 0 Å². The number of pyridine rings is 1. The van der Waals surface area contributed by atoms with Gasteiger partial charge in [0.05, 0.1) is 34.5 Å². The van der Waals surface area contributed by atoms with Crippen LogP contribution in [0.5, 0.6) is 5.75 Å². The fourth-order valence-corrected chi connectivity index (χ4v) is 9.67. The van der Waals surface area contributed by atoms with E-state index < -0.39 is 11.7 Å². The number of fused-ring (bicyclic) bond motifs is 5. The summed E-state index contributed by atoms with van der Waals surface area (Å²) in [6, 6.07) is 7.90. The monoisotopic (exact) mass is 580 g/mol. The molecule has 7 nitrogen and oxygen atoms in total. The molecule has 7 heteroatoms. The number of piperidine rings is 1. The van der Waals surface area contributed by atoms with E-state index in [1.807, 2.05) is 24.4 Å². The lowest BCUT2D eigenvalue weighted by Gasteiger charge is -2.58. The van der Waals surface area contributed by atoms with E-state index in [1.165, 1.54) is 12.8 Å². The zero-order chi connectivity index (χ0) is 29.2. The van der Waals surface area contributed by atoms with Crippen molar-refractivity contribution in [3.8, 4) is 5.75 Å². The summed E-state index contributed by atoms with van der Waals surface area (Å²) in [5, 5.41) is 36.4. The fraction of sp³-hybridized carbons (Fsp3) is 0.528. The van der Waals surface area contributed by atoms with Crippen molar-refractivity contribution in [3.63, 3.8) is 0 Å². The molecule has 6 heterocycles. The number of para-hydroxylation sites is 1. The first-order chi connectivity index (χ1) is 21.0. The molecule has 7 atom stereocenters. The average Bonchev–Trinajstić information content (AvgIpc) is 3.52. The van der Waals surface area contributed by atoms with Gasteiger partial charge in [0.25, 0.3) is 0 Å². The summed E-state index contributed by atoms with van der Waals surface area (Å²) >= 11 is 0. The topological polar surface area (TPSA) is 95.8 Å². The molecule has 226 valence electrons. The van der Waals surface area contributed by atoms with Crippen LogP contribution in [0.2, 0.25) is 0 Å². The lowest BCUT2D eigenvalue weighted by atomic mass is 9.54. The second-order valence-corrected chi connectivity index (χ2v) is 13.9. The molecule has 1 spiro atoms. The number of hydrogen-bond donors (Lipinski definition) is 4. The van der Waals surface area contributed by atoms with Crippen LogP contribution in [0, 0.1) is 11.3 Å². The maximum Gasteiger partial charge on any atom is 0.139 e. The van der Waals surface area contributed by atoms with E-state index in [0.717, 1.165) is 97.8 Å². The molecule has 2 aromatic heterocycles. The third-order valence-corrected chi connectivity index (χ3v) is 11.3. The van der Waals surface area contributed by atoms with Gasteiger partial charge in [0.15, 0.2) is 0 Å². The largest absolute Gasteiger partial charge is 0.506 e. The number of aromatic hydroxyl groups is 1. The molecule has 2 fully saturated rings. The van der Waals surface area contributed by atoms with Gasteiger partial charge in [-0.05, 0) is 107 Å². The second kappa shape index (κ2) is 10.6. The fourth-order valence-electron chi connectivity index (χ4n) is 9.67. The summed E-state index contributed by atoms with van der Waals surface area (Å²) in [5.41, 5.74) is 2.58. The predicted octanol–water partition coefficient (Wildman–Crippen LogP) is 5.53. The van der Waals surface area contributed by atoms with Crippen molar-refractivity contribution >= 4 is 27.4 Å². The molecule has 0 radical (unpaired) electrons. The van der Waals surface area contributed by atoms with Crippen molar-refractivity contribution in [2.45, 2.75) is 81.6 Å². The maximum absolute atomic E-state index is 13.1. The highest BCUT2D eigenvalue weighted by Gasteiger charge is 2.65. The van der Waals surface area contributed by atoms with Crippen LogP contribution in [-0.4, -0.2) is 85.1 Å². The molecular weight excluding hydrogens is 536 g/mol. The van der Waals surface area contributed by atoms with Gasteiger partial charge in [-0.15, -0.1) is 0 Å². The molecule has 0 amide bonds. The van der Waals surface area contributed by atoms with Gasteiger partial charge in [-0.25, -0.2) is 0 Å². The summed E-state index contributed by atoms with van der Waals surface area (Å²) in [6.45, 7) is 4.01. The quantitative estimate of drug-likeness (QED) is 0.283. The van der Waals surface area contributed by atoms with Gasteiger partial charge in [0.1, 0.15) is 5.75 Å². The molecule has 1 aromatic carbocycles. The number of nitrogens with one attached hydrogen (secondary N) is 1. The molecule has 1 aliphatic carbocycles. The third-order valence-electron chi connectivity index (χ3n) is 11.3. The summed E-state index contributed by atoms with van der Waals surface area (Å²) in [6.07, 6.45) is 21.3. The molecule has 1 unspecified atom stereocenters. The van der Waals surface area contributed by atoms with E-state index in [2.05, 4.69) is 45.2 Å². The van der Waals surface area contributed by atoms with Crippen molar-refractivity contribution in [2.24, 2.45) is 11.3 Å². The number of aliphatic hydroxyl groups excluding tert-OH is 1. The Hall–Kier alpha value is -2.97. The number of allylic oxidation sites excluding steroid dienone is 3. The lowest BCUT2D eigenvalue weighted by molar-refractivity contribution is -0.0897. The number of benzene rings is 1. The summed E-state index contributed by atoms with van der Waals surface area (Å²) in [5.74, 6) is 0.490. The standard InChI is InChI=1S/C36H44N4O3/c41-25-9-8-19-40-24(12-13-25)21-35-23-39-18-6-4-2-1-3-5-16-36(43,34(35)40)22-28(29(35)15-20-39)32-33-27(14-17-37-32)26-10-7-11-30(42)31(26)38-33/h1,3,7,10-14,17,22,24-25,29,34,38,41-43H,2,4-6,8-9,15-16,18-21,23H2/b3-1-,13-12?/t24-,25-,29-,34+,35-,36-/m1/s1. The molecule has 4 aliphatic heterocycles. The molecular formula is C36H44N4O3. The Balaban J connectivity index is 1.35. The van der Waals surface area contributed by atoms with Gasteiger partial charge in [-0.2, -0.15) is 0 Å². The van der Waals surface area contributed by atoms with Crippen molar-refractivity contribution in [1.29, 1.82) is 0 Å². The van der Waals surface area contributed by atoms with E-state index in [4.69, 9.17) is 4.98 Å². The molecule has 8 rings (SSSR count). The van der Waals surface area contributed by atoms with Crippen LogP contribution in [0.4, 0.5) is 0 Å². The zero-order valence-corrected chi connectivity index (χ0v) is 25.0. The number of aromatic nitrogens is 2. The Labute approximate surface area is 253 Å². The Morgan fingerprint density at radius 3 is 2.74 bits per heavy atom. The van der Waals surface area contributed by atoms with E-state index in [1.54, 1.807) is 6.07 Å². The highest BCUT2D eigenvalue weighted by atomic mass is 16.3. The first kappa shape index (κ1) is 27.6. The minimum absolute atomic E-state index is 0.00144. The molecule has 3 bridgehead atoms. The Kier molecular flexibility index (Phi) is 6.79. The smallest absolute Gasteiger partial charge is 0.139 e. The van der Waals surface area contributed by atoms with Crippen LogP contribution < -0.4 is 0 Å². The van der Waals surface area contributed by atoms with Gasteiger partial charge in [0.2, 0.25) is 0 Å². The first-order valence-corrected chi connectivity index (χ1v) is 16.5. The first-order valence-electron chi connectivity index (χ1n) is 16.5. The number of aliphatic hydroxyl groups is 2. The minimum atomic E-state index is -1.02. The summed E-state index contributed by atoms with van der Waals surface area (Å²) < 4.78 is 0. The van der Waals surface area contributed by atoms with E-state index in [9.17, 15) is 15.3 Å². The van der Waals surface area contributed by atoms with Crippen LogP contribution in [0.25, 0.3) is 27.4 Å². The normalized spacial score (nSPS) is 37.4. The third kappa shape index (κ3) is 4.42. The van der Waals surface area contributed by atoms with Crippen LogP contribution in [0.1, 0.15) is 63.5 Å². The number of rotatable bonds is 1. The van der Waals surface area contributed by atoms with Crippen molar-refractivity contribution in [2.75, 3.05) is 26.2 Å². The molecule has 2 saturated heterocycles. The van der Waals surface area contributed by atoms with Gasteiger partial charge < -0.3 is 25.2 Å². The van der Waals surface area contributed by atoms with Gasteiger partial charge in [-0.1, -0.05) is 36.4 Å². The van der Waals surface area contributed by atoms with Crippen molar-refractivity contribution in [3.05, 3.63) is 66.5 Å². The number of H-pyrrole nitrogens is 1. The number of phenols is 1. The zero-order valence-electron chi connectivity index (χ0n) is 25.0. The lowest BCUT2D eigenvalue weighted by Crippen LogP contribution is -2.65. The van der Waals surface area contributed by atoms with Crippen LogP contribution in [0.15, 0.2) is 60.8 Å². The maximum atomic E-state index is 13.1. The highest BCUT2D eigenvalue weighted by molar-refractivity contribution is 6.11. The second-order valence-electron chi connectivity index (χ2n) is 13.9. The molecule has 0 saturated carbocycles. The predicted molar refractivity (Wildman–Crippen MR) is 171 cm³/mol. The molecule has 43 heavy (non-hydrogen) atoms. The van der Waals surface area contributed by atoms with E-state index in [-0.39, 0.29) is 29.2 Å². The molecule has 5 aliphatic rings. The van der Waals surface area contributed by atoms with E-state index in [0.29, 0.717) is 6.42 Å². The van der Waals surface area contributed by atoms with Crippen LogP contribution in [0.3, 0.4) is 0 Å². The van der Waals surface area contributed by atoms with Crippen molar-refractivity contribution < 1.29 is 15.3 Å². The number of hydrogen-bond acceptors (Lipinski definition) is 6. The summed E-state index contributed by atoms with van der Waals surface area (Å²) in [7, 11) is 0. The van der Waals surface area contributed by atoms with Gasteiger partial charge >= 0.3 is 0 Å². The van der Waals surface area contributed by atoms with Gasteiger partial charge in [-0.3, -0.25) is 9.88 Å². The summed E-state index contributed by atoms with van der Waals surface area (Å²) in [4.78, 5) is 13.9. The Bertz CT molecular complexity index is 1630. The SMILES string of the molecule is Oc1cccc2c1[nH]c1c(C3=C[C@]4(O)CC/C=C\CCCCN5CC[C@H]3[C@@]3(C[C@H]6C=C[C@H](O)CCCN6[C@@H]34)C5)nccc12. The Morgan fingerprint density at radius 2 is 1.81 bits per heavy atom. The van der Waals surface area contributed by atoms with E-state index >= 15 is 0 Å². The molecule has 3 aromatic rings. The van der Waals surface area contributed by atoms with Gasteiger partial charge in [0, 0.05) is 35.0 Å².